The van der Waals surface area contributed by atoms with Gasteiger partial charge in [-0.1, -0.05) is 24.3 Å². The second kappa shape index (κ2) is 9.52. The average molecular weight is 435 g/mol. The van der Waals surface area contributed by atoms with Crippen molar-refractivity contribution < 1.29 is 14.1 Å². The largest absolute Gasteiger partial charge is 0.337 e. The molecule has 1 saturated heterocycles. The van der Waals surface area contributed by atoms with Crippen LogP contribution in [0.4, 0.5) is 21.6 Å². The number of amides is 1. The van der Waals surface area contributed by atoms with Gasteiger partial charge in [0, 0.05) is 51.1 Å². The van der Waals surface area contributed by atoms with E-state index in [4.69, 9.17) is 0 Å². The van der Waals surface area contributed by atoms with Crippen molar-refractivity contribution in [2.24, 2.45) is 0 Å². The van der Waals surface area contributed by atoms with Crippen molar-refractivity contribution in [3.8, 4) is 0 Å². The molecule has 0 bridgehead atoms. The van der Waals surface area contributed by atoms with Crippen LogP contribution in [0.2, 0.25) is 0 Å². The molecule has 2 heterocycles. The first kappa shape index (κ1) is 21.4. The van der Waals surface area contributed by atoms with Crippen molar-refractivity contribution in [2.75, 3.05) is 31.5 Å². The predicted octanol–water partition coefficient (Wildman–Crippen LogP) is 3.83. The molecule has 164 valence electrons. The number of rotatable bonds is 6. The van der Waals surface area contributed by atoms with Gasteiger partial charge < -0.3 is 10.2 Å². The monoisotopic (exact) mass is 435 g/mol. The van der Waals surface area contributed by atoms with E-state index in [0.29, 0.717) is 44.1 Å². The van der Waals surface area contributed by atoms with E-state index >= 15 is 0 Å². The Morgan fingerprint density at radius 3 is 2.59 bits per heavy atom. The summed E-state index contributed by atoms with van der Waals surface area (Å²) in [5.74, 6) is -0.292. The molecule has 2 aromatic carbocycles. The smallest absolute Gasteiger partial charge is 0.269 e. The summed E-state index contributed by atoms with van der Waals surface area (Å²) in [4.78, 5) is 31.8. The number of pyridine rings is 1. The Kier molecular flexibility index (Phi) is 6.37. The van der Waals surface area contributed by atoms with Crippen LogP contribution in [0.5, 0.6) is 0 Å². The fourth-order valence-corrected chi connectivity index (χ4v) is 3.67. The lowest BCUT2D eigenvalue weighted by molar-refractivity contribution is -0.384. The van der Waals surface area contributed by atoms with E-state index in [1.54, 1.807) is 53.6 Å². The molecule has 0 unspecified atom stereocenters. The molecule has 0 radical (unpaired) electrons. The Morgan fingerprint density at radius 2 is 1.84 bits per heavy atom. The van der Waals surface area contributed by atoms with Crippen LogP contribution < -0.4 is 5.32 Å². The lowest BCUT2D eigenvalue weighted by Gasteiger charge is -2.35. The zero-order chi connectivity index (χ0) is 22.5. The number of nitro groups is 1. The molecule has 4 rings (SSSR count). The fourth-order valence-electron chi connectivity index (χ4n) is 3.67. The summed E-state index contributed by atoms with van der Waals surface area (Å²) in [7, 11) is 0. The van der Waals surface area contributed by atoms with Crippen molar-refractivity contribution >= 4 is 23.1 Å². The molecule has 3 aromatic rings. The average Bonchev–Trinajstić information content (AvgIpc) is 2.81. The fraction of sp³-hybridized carbons (Fsp3) is 0.217. The minimum atomic E-state index is -0.425. The highest BCUT2D eigenvalue weighted by atomic mass is 19.1. The highest BCUT2D eigenvalue weighted by Crippen LogP contribution is 2.23. The summed E-state index contributed by atoms with van der Waals surface area (Å²) >= 11 is 0. The molecule has 1 aliphatic heterocycles. The number of para-hydroxylation sites is 1. The number of nitrogens with one attached hydrogen (secondary N) is 1. The number of piperazine rings is 1. The third kappa shape index (κ3) is 4.89. The Labute approximate surface area is 184 Å². The van der Waals surface area contributed by atoms with Crippen LogP contribution in [0.15, 0.2) is 66.9 Å². The van der Waals surface area contributed by atoms with E-state index in [1.807, 2.05) is 6.07 Å². The van der Waals surface area contributed by atoms with E-state index in [1.165, 1.54) is 12.1 Å². The Balaban J connectivity index is 1.40. The molecular formula is C23H22FN5O3. The molecule has 8 nitrogen and oxygen atoms in total. The lowest BCUT2D eigenvalue weighted by Crippen LogP contribution is -2.48. The first-order valence-corrected chi connectivity index (χ1v) is 10.2. The summed E-state index contributed by atoms with van der Waals surface area (Å²) in [6.45, 7) is 2.90. The first-order valence-electron chi connectivity index (χ1n) is 10.2. The molecule has 1 fully saturated rings. The van der Waals surface area contributed by atoms with Crippen LogP contribution in [-0.2, 0) is 6.54 Å². The highest BCUT2D eigenvalue weighted by molar-refractivity contribution is 5.99. The van der Waals surface area contributed by atoms with Gasteiger partial charge in [0.25, 0.3) is 11.6 Å². The lowest BCUT2D eigenvalue weighted by atomic mass is 10.1. The minimum absolute atomic E-state index is 0.0720. The molecular weight excluding hydrogens is 413 g/mol. The number of halogens is 1. The third-order valence-corrected chi connectivity index (χ3v) is 5.35. The van der Waals surface area contributed by atoms with E-state index < -0.39 is 10.7 Å². The number of benzene rings is 2. The Bertz CT molecular complexity index is 1130. The topological polar surface area (TPSA) is 91.6 Å². The van der Waals surface area contributed by atoms with Crippen molar-refractivity contribution in [3.63, 3.8) is 0 Å². The van der Waals surface area contributed by atoms with Gasteiger partial charge in [-0.2, -0.15) is 0 Å². The molecule has 1 N–H and O–H groups in total. The molecule has 0 spiro atoms. The maximum atomic E-state index is 14.0. The van der Waals surface area contributed by atoms with E-state index in [9.17, 15) is 19.3 Å². The number of nitro benzene ring substituents is 1. The van der Waals surface area contributed by atoms with Crippen LogP contribution in [0.1, 0.15) is 15.9 Å². The van der Waals surface area contributed by atoms with Gasteiger partial charge in [0.2, 0.25) is 0 Å². The molecule has 32 heavy (non-hydrogen) atoms. The van der Waals surface area contributed by atoms with Crippen molar-refractivity contribution in [3.05, 3.63) is 93.9 Å². The number of hydrogen-bond acceptors (Lipinski definition) is 6. The molecule has 0 aliphatic carbocycles. The van der Waals surface area contributed by atoms with Gasteiger partial charge in [0.15, 0.2) is 0 Å². The van der Waals surface area contributed by atoms with Crippen molar-refractivity contribution in [2.45, 2.75) is 6.54 Å². The third-order valence-electron chi connectivity index (χ3n) is 5.35. The standard InChI is InChI=1S/C23H22FN5O3/c24-20-8-1-2-9-21(20)26-22-19(7-4-10-25-22)23(30)28-13-11-27(12-14-28)16-17-5-3-6-18(15-17)29(31)32/h1-10,15H,11-14,16H2,(H,25,26). The summed E-state index contributed by atoms with van der Waals surface area (Å²) in [6, 6.07) is 16.2. The summed E-state index contributed by atoms with van der Waals surface area (Å²) in [6.07, 6.45) is 1.55. The van der Waals surface area contributed by atoms with Gasteiger partial charge in [0.1, 0.15) is 11.6 Å². The zero-order valence-electron chi connectivity index (χ0n) is 17.3. The number of carbonyl (C=O) groups excluding carboxylic acids is 1. The SMILES string of the molecule is O=C(c1cccnc1Nc1ccccc1F)N1CCN(Cc2cccc([N+](=O)[O-])c2)CC1. The van der Waals surface area contributed by atoms with Crippen LogP contribution in [0, 0.1) is 15.9 Å². The second-order valence-corrected chi connectivity index (χ2v) is 7.50. The number of carbonyl (C=O) groups is 1. The quantitative estimate of drug-likeness (QED) is 0.467. The second-order valence-electron chi connectivity index (χ2n) is 7.50. The zero-order valence-corrected chi connectivity index (χ0v) is 17.3. The first-order chi connectivity index (χ1) is 15.5. The van der Waals surface area contributed by atoms with Gasteiger partial charge in [-0.25, -0.2) is 9.37 Å². The summed E-state index contributed by atoms with van der Waals surface area (Å²) in [5.41, 5.74) is 1.57. The van der Waals surface area contributed by atoms with Gasteiger partial charge in [0.05, 0.1) is 16.2 Å². The number of non-ortho nitro benzene ring substituents is 1. The number of aromatic nitrogens is 1. The number of anilines is 2. The van der Waals surface area contributed by atoms with Gasteiger partial charge in [-0.05, 0) is 29.8 Å². The Hall–Kier alpha value is -3.85. The van der Waals surface area contributed by atoms with Gasteiger partial charge >= 0.3 is 0 Å². The summed E-state index contributed by atoms with van der Waals surface area (Å²) < 4.78 is 14.0. The normalized spacial score (nSPS) is 14.2. The minimum Gasteiger partial charge on any atom is -0.337 e. The van der Waals surface area contributed by atoms with Crippen LogP contribution in [0.3, 0.4) is 0 Å². The van der Waals surface area contributed by atoms with E-state index in [0.717, 1.165) is 5.56 Å². The van der Waals surface area contributed by atoms with Crippen molar-refractivity contribution in [1.82, 2.24) is 14.8 Å². The predicted molar refractivity (Wildman–Crippen MR) is 118 cm³/mol. The van der Waals surface area contributed by atoms with Crippen LogP contribution in [-0.4, -0.2) is 51.8 Å². The Morgan fingerprint density at radius 1 is 1.06 bits per heavy atom. The molecule has 1 aliphatic rings. The van der Waals surface area contributed by atoms with Crippen LogP contribution >= 0.6 is 0 Å². The maximum Gasteiger partial charge on any atom is 0.269 e. The molecule has 0 saturated carbocycles. The van der Waals surface area contributed by atoms with Gasteiger partial charge in [-0.3, -0.25) is 19.8 Å². The molecule has 0 atom stereocenters. The van der Waals surface area contributed by atoms with E-state index in [-0.39, 0.29) is 17.3 Å². The molecule has 1 amide bonds. The number of hydrogen-bond donors (Lipinski definition) is 1. The molecule has 1 aromatic heterocycles. The van der Waals surface area contributed by atoms with Gasteiger partial charge in [-0.15, -0.1) is 0 Å². The summed E-state index contributed by atoms with van der Waals surface area (Å²) in [5, 5.41) is 13.9. The van der Waals surface area contributed by atoms with Crippen molar-refractivity contribution in [1.29, 1.82) is 0 Å². The number of nitrogens with zero attached hydrogens (tertiary/aromatic N) is 4. The van der Waals surface area contributed by atoms with Crippen LogP contribution in [0.25, 0.3) is 0 Å². The maximum absolute atomic E-state index is 14.0. The molecule has 9 heteroatoms. The van der Waals surface area contributed by atoms with E-state index in [2.05, 4.69) is 15.2 Å². The highest BCUT2D eigenvalue weighted by Gasteiger charge is 2.25.